The van der Waals surface area contributed by atoms with Crippen LogP contribution in [0, 0.1) is 0 Å². The molecule has 0 aromatic heterocycles. The Bertz CT molecular complexity index is 173. The van der Waals surface area contributed by atoms with Gasteiger partial charge in [-0.05, 0) is 18.7 Å². The fraction of sp³-hybridized carbons (Fsp3) is 0.500. The monoisotopic (exact) mass is 182 g/mol. The van der Waals surface area contributed by atoms with Gasteiger partial charge in [0.1, 0.15) is 0 Å². The van der Waals surface area contributed by atoms with Gasteiger partial charge in [-0.15, -0.1) is 0 Å². The van der Waals surface area contributed by atoms with Crippen LogP contribution in [0.2, 0.25) is 0 Å². The van der Waals surface area contributed by atoms with E-state index in [1.54, 1.807) is 7.05 Å². The third-order valence-electron chi connectivity index (χ3n) is 1.45. The highest BCUT2D eigenvalue weighted by Gasteiger charge is 1.89. The topological polar surface area (TPSA) is 41.1 Å². The number of hydrogen-bond acceptors (Lipinski definition) is 2. The second-order valence-corrected chi connectivity index (χ2v) is 2.62. The van der Waals surface area contributed by atoms with E-state index in [9.17, 15) is 4.79 Å². The molecular weight excluding hydrogens is 164 g/mol. The quantitative estimate of drug-likeness (QED) is 0.673. The number of rotatable bonds is 2. The van der Waals surface area contributed by atoms with Crippen LogP contribution in [0.3, 0.4) is 0 Å². The molecule has 1 aliphatic heterocycles. The van der Waals surface area contributed by atoms with E-state index in [1.807, 2.05) is 25.3 Å². The van der Waals surface area contributed by atoms with E-state index in [2.05, 4.69) is 16.7 Å². The minimum absolute atomic E-state index is 0.127. The third-order valence-corrected chi connectivity index (χ3v) is 1.45. The van der Waals surface area contributed by atoms with E-state index in [-0.39, 0.29) is 5.91 Å². The largest absolute Gasteiger partial charge is 0.387 e. The molecule has 3 nitrogen and oxygen atoms in total. The molecule has 13 heavy (non-hydrogen) atoms. The Morgan fingerprint density at radius 2 is 2.31 bits per heavy atom. The fourth-order valence-corrected chi connectivity index (χ4v) is 0.758. The minimum Gasteiger partial charge on any atom is -0.387 e. The SMILES string of the molecule is C1=CCNC=C1.CCCC(=O)NC. The number of carbonyl (C=O) groups is 1. The molecule has 1 heterocycles. The van der Waals surface area contributed by atoms with Crippen LogP contribution < -0.4 is 10.6 Å². The van der Waals surface area contributed by atoms with Gasteiger partial charge in [-0.3, -0.25) is 4.79 Å². The third kappa shape index (κ3) is 8.66. The standard InChI is InChI=1S/C5H11NO.C5H7N/c1-3-4-5(7)6-2;1-2-4-6-5-3-1/h3-4H2,1-2H3,(H,6,7);1-4,6H,5H2. The number of carbonyl (C=O) groups excluding carboxylic acids is 1. The Balaban J connectivity index is 0.000000223. The van der Waals surface area contributed by atoms with Gasteiger partial charge < -0.3 is 10.6 Å². The Labute approximate surface area is 79.9 Å². The molecule has 2 N–H and O–H groups in total. The summed E-state index contributed by atoms with van der Waals surface area (Å²) in [5.74, 6) is 0.127. The average molecular weight is 182 g/mol. The maximum Gasteiger partial charge on any atom is 0.219 e. The second-order valence-electron chi connectivity index (χ2n) is 2.62. The molecule has 1 rings (SSSR count). The molecule has 0 bridgehead atoms. The van der Waals surface area contributed by atoms with E-state index >= 15 is 0 Å². The van der Waals surface area contributed by atoms with E-state index in [1.165, 1.54) is 0 Å². The molecular formula is C10H18N2O. The molecule has 0 spiro atoms. The van der Waals surface area contributed by atoms with Crippen molar-refractivity contribution in [3.8, 4) is 0 Å². The van der Waals surface area contributed by atoms with Gasteiger partial charge in [0.05, 0.1) is 0 Å². The van der Waals surface area contributed by atoms with Crippen molar-refractivity contribution in [2.24, 2.45) is 0 Å². The van der Waals surface area contributed by atoms with Gasteiger partial charge in [0, 0.05) is 20.0 Å². The van der Waals surface area contributed by atoms with Crippen LogP contribution in [0.1, 0.15) is 19.8 Å². The molecule has 0 saturated heterocycles. The number of amides is 1. The summed E-state index contributed by atoms with van der Waals surface area (Å²) in [7, 11) is 1.65. The van der Waals surface area contributed by atoms with Gasteiger partial charge in [0.2, 0.25) is 5.91 Å². The zero-order valence-electron chi connectivity index (χ0n) is 8.34. The minimum atomic E-state index is 0.127. The predicted octanol–water partition coefficient (Wildman–Crippen LogP) is 1.19. The highest BCUT2D eigenvalue weighted by atomic mass is 16.1. The molecule has 1 amide bonds. The van der Waals surface area contributed by atoms with Crippen molar-refractivity contribution in [2.45, 2.75) is 19.8 Å². The van der Waals surface area contributed by atoms with Gasteiger partial charge in [-0.25, -0.2) is 0 Å². The Kier molecular flexibility index (Phi) is 7.99. The predicted molar refractivity (Wildman–Crippen MR) is 55.3 cm³/mol. The fourth-order valence-electron chi connectivity index (χ4n) is 0.758. The van der Waals surface area contributed by atoms with E-state index in [0.29, 0.717) is 6.42 Å². The Morgan fingerprint density at radius 1 is 1.54 bits per heavy atom. The molecule has 0 aromatic carbocycles. The molecule has 1 aliphatic rings. The van der Waals surface area contributed by atoms with Crippen molar-refractivity contribution < 1.29 is 4.79 Å². The molecule has 0 unspecified atom stereocenters. The average Bonchev–Trinajstić information content (AvgIpc) is 2.22. The van der Waals surface area contributed by atoms with Crippen LogP contribution in [0.4, 0.5) is 0 Å². The summed E-state index contributed by atoms with van der Waals surface area (Å²) < 4.78 is 0. The molecule has 0 saturated carbocycles. The maximum atomic E-state index is 10.3. The highest BCUT2D eigenvalue weighted by Crippen LogP contribution is 1.82. The van der Waals surface area contributed by atoms with Crippen LogP contribution in [-0.4, -0.2) is 19.5 Å². The van der Waals surface area contributed by atoms with Gasteiger partial charge in [-0.1, -0.05) is 19.1 Å². The molecule has 0 aliphatic carbocycles. The summed E-state index contributed by atoms with van der Waals surface area (Å²) in [4.78, 5) is 10.3. The summed E-state index contributed by atoms with van der Waals surface area (Å²) in [5, 5.41) is 5.54. The van der Waals surface area contributed by atoms with E-state index in [4.69, 9.17) is 0 Å². The van der Waals surface area contributed by atoms with Crippen LogP contribution in [0.15, 0.2) is 24.4 Å². The number of allylic oxidation sites excluding steroid dienone is 2. The summed E-state index contributed by atoms with van der Waals surface area (Å²) in [6, 6.07) is 0. The van der Waals surface area contributed by atoms with E-state index < -0.39 is 0 Å². The van der Waals surface area contributed by atoms with Crippen LogP contribution in [-0.2, 0) is 4.79 Å². The lowest BCUT2D eigenvalue weighted by molar-refractivity contribution is -0.120. The summed E-state index contributed by atoms with van der Waals surface area (Å²) >= 11 is 0. The van der Waals surface area contributed by atoms with Crippen LogP contribution >= 0.6 is 0 Å². The number of nitrogens with one attached hydrogen (secondary N) is 2. The number of hydrogen-bond donors (Lipinski definition) is 2. The lowest BCUT2D eigenvalue weighted by atomic mass is 10.3. The van der Waals surface area contributed by atoms with Crippen molar-refractivity contribution in [1.82, 2.24) is 10.6 Å². The molecule has 3 heteroatoms. The first-order chi connectivity index (χ1) is 6.31. The lowest BCUT2D eigenvalue weighted by Gasteiger charge is -1.94. The molecule has 0 aromatic rings. The van der Waals surface area contributed by atoms with Crippen LogP contribution in [0.25, 0.3) is 0 Å². The first kappa shape index (κ1) is 11.8. The summed E-state index contributed by atoms with van der Waals surface area (Å²) in [6.07, 6.45) is 9.58. The van der Waals surface area contributed by atoms with Gasteiger partial charge >= 0.3 is 0 Å². The zero-order chi connectivity index (χ0) is 9.94. The maximum absolute atomic E-state index is 10.3. The van der Waals surface area contributed by atoms with Gasteiger partial charge in [-0.2, -0.15) is 0 Å². The van der Waals surface area contributed by atoms with Crippen molar-refractivity contribution >= 4 is 5.91 Å². The normalized spacial score (nSPS) is 12.5. The van der Waals surface area contributed by atoms with Crippen molar-refractivity contribution in [1.29, 1.82) is 0 Å². The summed E-state index contributed by atoms with van der Waals surface area (Å²) in [5.41, 5.74) is 0. The number of dihydropyridines is 1. The summed E-state index contributed by atoms with van der Waals surface area (Å²) in [6.45, 7) is 2.96. The van der Waals surface area contributed by atoms with Gasteiger partial charge in [0.15, 0.2) is 0 Å². The molecule has 0 radical (unpaired) electrons. The first-order valence-electron chi connectivity index (χ1n) is 4.57. The Morgan fingerprint density at radius 3 is 2.46 bits per heavy atom. The smallest absolute Gasteiger partial charge is 0.219 e. The molecule has 0 atom stereocenters. The lowest BCUT2D eigenvalue weighted by Crippen LogP contribution is -2.16. The van der Waals surface area contributed by atoms with Crippen molar-refractivity contribution in [3.05, 3.63) is 24.4 Å². The van der Waals surface area contributed by atoms with E-state index in [0.717, 1.165) is 13.0 Å². The van der Waals surface area contributed by atoms with Gasteiger partial charge in [0.25, 0.3) is 0 Å². The molecule has 0 fully saturated rings. The Hall–Kier alpha value is -1.25. The van der Waals surface area contributed by atoms with Crippen LogP contribution in [0.5, 0.6) is 0 Å². The molecule has 74 valence electrons. The second kappa shape index (κ2) is 8.84. The van der Waals surface area contributed by atoms with Crippen molar-refractivity contribution in [3.63, 3.8) is 0 Å². The first-order valence-corrected chi connectivity index (χ1v) is 4.57. The van der Waals surface area contributed by atoms with Crippen molar-refractivity contribution in [2.75, 3.05) is 13.6 Å². The highest BCUT2D eigenvalue weighted by molar-refractivity contribution is 5.75. The zero-order valence-corrected chi connectivity index (χ0v) is 8.34.